The van der Waals surface area contributed by atoms with Gasteiger partial charge in [0.2, 0.25) is 6.35 Å². The maximum absolute atomic E-state index is 8.99. The van der Waals surface area contributed by atoms with E-state index in [9.17, 15) is 0 Å². The summed E-state index contributed by atoms with van der Waals surface area (Å²) in [6.07, 6.45) is -1.46. The van der Waals surface area contributed by atoms with Gasteiger partial charge in [-0.3, -0.25) is 0 Å². The lowest BCUT2D eigenvalue weighted by molar-refractivity contribution is 0.104. The van der Waals surface area contributed by atoms with Crippen molar-refractivity contribution in [2.45, 2.75) is 6.35 Å². The average molecular weight is 233 g/mol. The Bertz CT molecular complexity index is 242. The van der Waals surface area contributed by atoms with Gasteiger partial charge in [0, 0.05) is 35.3 Å². The van der Waals surface area contributed by atoms with Crippen LogP contribution in [0.15, 0.2) is 9.98 Å². The van der Waals surface area contributed by atoms with Gasteiger partial charge >= 0.3 is 6.02 Å². The van der Waals surface area contributed by atoms with Crippen molar-refractivity contribution in [2.75, 3.05) is 0 Å². The zero-order valence-electron chi connectivity index (χ0n) is 5.39. The van der Waals surface area contributed by atoms with Crippen LogP contribution in [0.5, 0.6) is 0 Å². The number of halogens is 3. The molecule has 12 heavy (non-hydrogen) atoms. The maximum atomic E-state index is 8.99. The molecule has 0 saturated carbocycles. The predicted molar refractivity (Wildman–Crippen MR) is 44.7 cm³/mol. The third kappa shape index (κ3) is 1.84. The molecule has 1 atom stereocenters. The fourth-order valence-electron chi connectivity index (χ4n) is 0.533. The van der Waals surface area contributed by atoms with Crippen molar-refractivity contribution in [3.8, 4) is 0 Å². The molecule has 0 aliphatic carbocycles. The number of hydrogen-bond acceptors (Lipinski definition) is 5. The summed E-state index contributed by atoms with van der Waals surface area (Å²) in [6, 6.07) is -0.652. The van der Waals surface area contributed by atoms with Crippen molar-refractivity contribution in [1.82, 2.24) is 8.36 Å². The Morgan fingerprint density at radius 3 is 2.58 bits per heavy atom. The van der Waals surface area contributed by atoms with Crippen LogP contribution in [0.3, 0.4) is 0 Å². The largest absolute Gasteiger partial charge is 0.479 e. The summed E-state index contributed by atoms with van der Waals surface area (Å²) >= 11 is 15.9. The number of hydrogen-bond donors (Lipinski definition) is 2. The highest BCUT2D eigenvalue weighted by molar-refractivity contribution is 6.44. The smallest absolute Gasteiger partial charge is 0.316 e. The minimum Gasteiger partial charge on any atom is -0.479 e. The molecule has 1 unspecified atom stereocenters. The van der Waals surface area contributed by atoms with Gasteiger partial charge in [0.25, 0.3) is 5.96 Å². The third-order valence-corrected chi connectivity index (χ3v) is 1.60. The number of nitrogens with zero attached hydrogens (tertiary/aromatic N) is 4. The minimum atomic E-state index is -1.46. The van der Waals surface area contributed by atoms with E-state index in [1.165, 1.54) is 0 Å². The summed E-state index contributed by atoms with van der Waals surface area (Å²) in [6.45, 7) is 0. The maximum Gasteiger partial charge on any atom is 0.316 e. The molecule has 1 rings (SSSR count). The van der Waals surface area contributed by atoms with Gasteiger partial charge in [-0.1, -0.05) is 0 Å². The molecule has 0 radical (unpaired) electrons. The summed E-state index contributed by atoms with van der Waals surface area (Å²) in [4.78, 5) is 6.52. The van der Waals surface area contributed by atoms with E-state index < -0.39 is 12.4 Å². The third-order valence-electron chi connectivity index (χ3n) is 0.976. The first-order valence-corrected chi connectivity index (χ1v) is 3.64. The van der Waals surface area contributed by atoms with E-state index in [1.807, 2.05) is 0 Å². The van der Waals surface area contributed by atoms with E-state index in [2.05, 4.69) is 9.98 Å². The van der Waals surface area contributed by atoms with Crippen LogP contribution in [0.4, 0.5) is 0 Å². The molecule has 68 valence electrons. The highest BCUT2D eigenvalue weighted by Gasteiger charge is 2.26. The molecule has 0 saturated heterocycles. The number of aliphatic hydroxyl groups excluding tert-OH is 2. The summed E-state index contributed by atoms with van der Waals surface area (Å²) in [5.74, 6) is -0.236. The lowest BCUT2D eigenvalue weighted by atomic mass is 10.8. The number of rotatable bonds is 0. The summed E-state index contributed by atoms with van der Waals surface area (Å²) in [7, 11) is 0. The Kier molecular flexibility index (Phi) is 2.84. The topological polar surface area (TPSA) is 71.7 Å². The fraction of sp³-hybridized carbons (Fsp3) is 0.333. The predicted octanol–water partition coefficient (Wildman–Crippen LogP) is 0.611. The van der Waals surface area contributed by atoms with Gasteiger partial charge in [0.1, 0.15) is 0 Å². The first kappa shape index (κ1) is 9.66. The van der Waals surface area contributed by atoms with E-state index in [0.717, 1.165) is 0 Å². The van der Waals surface area contributed by atoms with Crippen molar-refractivity contribution < 1.29 is 10.2 Å². The van der Waals surface area contributed by atoms with Crippen molar-refractivity contribution in [1.29, 1.82) is 0 Å². The van der Waals surface area contributed by atoms with Crippen LogP contribution >= 0.6 is 35.3 Å². The number of amidine groups is 1. The number of aliphatic imine (C=N–C) groups is 2. The molecule has 1 heterocycles. The Labute approximate surface area is 82.6 Å². The van der Waals surface area contributed by atoms with Gasteiger partial charge in [-0.25, -0.2) is 4.42 Å². The molecule has 6 nitrogen and oxygen atoms in total. The molecule has 1 aliphatic heterocycles. The van der Waals surface area contributed by atoms with Crippen molar-refractivity contribution in [3.05, 3.63) is 0 Å². The van der Waals surface area contributed by atoms with E-state index in [-0.39, 0.29) is 5.96 Å². The van der Waals surface area contributed by atoms with Gasteiger partial charge in [-0.15, -0.1) is 0 Å². The quantitative estimate of drug-likeness (QED) is 0.602. The molecule has 0 aromatic heterocycles. The number of aliphatic hydroxyl groups is 2. The second-order valence-corrected chi connectivity index (χ2v) is 2.94. The van der Waals surface area contributed by atoms with E-state index >= 15 is 0 Å². The summed E-state index contributed by atoms with van der Waals surface area (Å²) < 4.78 is 1.14. The van der Waals surface area contributed by atoms with Crippen LogP contribution in [0, 0.1) is 0 Å². The lowest BCUT2D eigenvalue weighted by Crippen LogP contribution is -2.40. The first-order valence-electron chi connectivity index (χ1n) is 2.62. The monoisotopic (exact) mass is 232 g/mol. The molecular weight excluding hydrogens is 230 g/mol. The molecule has 0 spiro atoms. The molecular formula is C3H3Cl3N4O2. The number of guanidine groups is 1. The molecule has 1 aliphatic rings. The normalized spacial score (nSPS) is 23.3. The van der Waals surface area contributed by atoms with Gasteiger partial charge in [0.15, 0.2) is 0 Å². The van der Waals surface area contributed by atoms with Crippen molar-refractivity contribution in [3.63, 3.8) is 0 Å². The Morgan fingerprint density at radius 1 is 1.50 bits per heavy atom. The van der Waals surface area contributed by atoms with Crippen LogP contribution < -0.4 is 0 Å². The average Bonchev–Trinajstić information content (AvgIpc) is 1.96. The minimum absolute atomic E-state index is 0.236. The lowest BCUT2D eigenvalue weighted by Gasteiger charge is -2.24. The highest BCUT2D eigenvalue weighted by atomic mass is 35.5. The molecule has 2 N–H and O–H groups in total. The fourth-order valence-corrected chi connectivity index (χ4v) is 1.01. The molecule has 0 aromatic rings. The molecule has 9 heteroatoms. The second kappa shape index (κ2) is 3.53. The standard InChI is InChI=1S/C3H3Cl3N4O2/c4-9-2(10(5)6)7-1(11)8-3(9)12/h3,12H,(H,8,11). The van der Waals surface area contributed by atoms with Gasteiger partial charge in [-0.2, -0.15) is 13.9 Å². The Morgan fingerprint density at radius 2 is 2.08 bits per heavy atom. The van der Waals surface area contributed by atoms with Gasteiger partial charge in [-0.05, 0) is 0 Å². The Hall–Kier alpha value is -0.430. The zero-order chi connectivity index (χ0) is 9.30. The van der Waals surface area contributed by atoms with Crippen molar-refractivity contribution >= 4 is 47.3 Å². The summed E-state index contributed by atoms with van der Waals surface area (Å²) in [5, 5.41) is 17.8. The Balaban J connectivity index is 2.91. The van der Waals surface area contributed by atoms with Crippen LogP contribution in [0.1, 0.15) is 0 Å². The zero-order valence-corrected chi connectivity index (χ0v) is 7.66. The van der Waals surface area contributed by atoms with E-state index in [4.69, 9.17) is 45.5 Å². The first-order chi connectivity index (χ1) is 5.52. The molecule has 0 bridgehead atoms. The second-order valence-electron chi connectivity index (χ2n) is 1.73. The van der Waals surface area contributed by atoms with Crippen molar-refractivity contribution in [2.24, 2.45) is 9.98 Å². The van der Waals surface area contributed by atoms with Crippen LogP contribution in [-0.2, 0) is 0 Å². The highest BCUT2D eigenvalue weighted by Crippen LogP contribution is 2.15. The molecule has 0 amide bonds. The van der Waals surface area contributed by atoms with Gasteiger partial charge in [0.05, 0.1) is 0 Å². The van der Waals surface area contributed by atoms with Crippen LogP contribution in [0.2, 0.25) is 0 Å². The van der Waals surface area contributed by atoms with E-state index in [0.29, 0.717) is 8.36 Å². The SMILES string of the molecule is OC1=NC(O)N(Cl)C(N(Cl)Cl)=N1. The van der Waals surface area contributed by atoms with E-state index in [1.54, 1.807) is 0 Å². The summed E-state index contributed by atoms with van der Waals surface area (Å²) in [5.41, 5.74) is 0. The van der Waals surface area contributed by atoms with Crippen LogP contribution in [-0.4, -0.2) is 36.9 Å². The molecule has 0 aromatic carbocycles. The molecule has 0 fully saturated rings. The van der Waals surface area contributed by atoms with Crippen LogP contribution in [0.25, 0.3) is 0 Å². The van der Waals surface area contributed by atoms with Gasteiger partial charge < -0.3 is 10.2 Å².